The van der Waals surface area contributed by atoms with E-state index in [0.717, 1.165) is 31.4 Å². The lowest BCUT2D eigenvalue weighted by atomic mass is 9.87. The lowest BCUT2D eigenvalue weighted by molar-refractivity contribution is -0.116. The van der Waals surface area contributed by atoms with Gasteiger partial charge in [0, 0.05) is 30.3 Å². The van der Waals surface area contributed by atoms with Crippen molar-refractivity contribution in [2.75, 3.05) is 6.54 Å². The minimum atomic E-state index is 0.358. The summed E-state index contributed by atoms with van der Waals surface area (Å²) in [6, 6.07) is 0.586. The molecule has 2 heterocycles. The van der Waals surface area contributed by atoms with Crippen LogP contribution in [0.4, 0.5) is 0 Å². The van der Waals surface area contributed by atoms with Crippen LogP contribution in [-0.2, 0) is 4.79 Å². The Morgan fingerprint density at radius 3 is 3.07 bits per heavy atom. The van der Waals surface area contributed by atoms with Crippen molar-refractivity contribution in [3.63, 3.8) is 0 Å². The van der Waals surface area contributed by atoms with Gasteiger partial charge in [-0.1, -0.05) is 12.2 Å². The Kier molecular flexibility index (Phi) is 2.15. The highest BCUT2D eigenvalue weighted by atomic mass is 16.1. The molecule has 0 N–H and O–H groups in total. The monoisotopic (exact) mass is 203 g/mol. The van der Waals surface area contributed by atoms with Crippen LogP contribution in [0.3, 0.4) is 0 Å². The number of hydrogen-bond acceptors (Lipinski definition) is 2. The fourth-order valence-corrected chi connectivity index (χ4v) is 3.03. The van der Waals surface area contributed by atoms with E-state index in [1.807, 2.05) is 0 Å². The lowest BCUT2D eigenvalue weighted by Crippen LogP contribution is -2.41. The summed E-state index contributed by atoms with van der Waals surface area (Å²) in [7, 11) is 0. The van der Waals surface area contributed by atoms with Crippen LogP contribution in [0.15, 0.2) is 23.4 Å². The van der Waals surface area contributed by atoms with Gasteiger partial charge in [0.1, 0.15) is 0 Å². The van der Waals surface area contributed by atoms with Crippen LogP contribution in [0.5, 0.6) is 0 Å². The minimum Gasteiger partial charge on any atom is -0.368 e. The normalized spacial score (nSPS) is 30.3. The molecule has 3 aliphatic rings. The first-order valence-electron chi connectivity index (χ1n) is 6.07. The Morgan fingerprint density at radius 1 is 1.20 bits per heavy atom. The van der Waals surface area contributed by atoms with Crippen molar-refractivity contribution in [1.29, 1.82) is 0 Å². The first kappa shape index (κ1) is 9.20. The Balaban J connectivity index is 1.97. The highest BCUT2D eigenvalue weighted by molar-refractivity contribution is 5.99. The average molecular weight is 203 g/mol. The zero-order valence-corrected chi connectivity index (χ0v) is 9.04. The van der Waals surface area contributed by atoms with Crippen LogP contribution >= 0.6 is 0 Å². The maximum atomic E-state index is 11.8. The molecule has 1 atom stereocenters. The number of carbonyl (C=O) groups excluding carboxylic acids is 1. The van der Waals surface area contributed by atoms with Gasteiger partial charge in [-0.2, -0.15) is 0 Å². The molecule has 0 amide bonds. The van der Waals surface area contributed by atoms with Gasteiger partial charge in [0.2, 0.25) is 0 Å². The summed E-state index contributed by atoms with van der Waals surface area (Å²) < 4.78 is 0. The predicted octanol–water partition coefficient (Wildman–Crippen LogP) is 2.42. The second kappa shape index (κ2) is 3.51. The summed E-state index contributed by atoms with van der Waals surface area (Å²) in [5, 5.41) is 0. The Morgan fingerprint density at radius 2 is 2.13 bits per heavy atom. The number of nitrogens with zero attached hydrogens (tertiary/aromatic N) is 1. The fourth-order valence-electron chi connectivity index (χ4n) is 3.03. The molecule has 1 aliphatic carbocycles. The summed E-state index contributed by atoms with van der Waals surface area (Å²) in [6.45, 7) is 1.15. The number of carbonyl (C=O) groups is 1. The molecule has 2 nitrogen and oxygen atoms in total. The van der Waals surface area contributed by atoms with E-state index in [4.69, 9.17) is 0 Å². The molecule has 0 aromatic rings. The van der Waals surface area contributed by atoms with E-state index in [1.165, 1.54) is 25.0 Å². The number of allylic oxidation sites excluding steroid dienone is 3. The van der Waals surface area contributed by atoms with Gasteiger partial charge in [-0.05, 0) is 32.1 Å². The average Bonchev–Trinajstić information content (AvgIpc) is 2.29. The number of ketones is 1. The summed E-state index contributed by atoms with van der Waals surface area (Å²) in [4.78, 5) is 14.2. The predicted molar refractivity (Wildman–Crippen MR) is 59.4 cm³/mol. The summed E-state index contributed by atoms with van der Waals surface area (Å²) in [5.41, 5.74) is 2.36. The van der Waals surface area contributed by atoms with E-state index >= 15 is 0 Å². The van der Waals surface area contributed by atoms with Crippen molar-refractivity contribution in [3.05, 3.63) is 23.4 Å². The SMILES string of the molecule is O=C1CCCC2=C1C=CC1CCCCN21. The minimum absolute atomic E-state index is 0.358. The lowest BCUT2D eigenvalue weighted by Gasteiger charge is -2.42. The van der Waals surface area contributed by atoms with Crippen LogP contribution in [0.1, 0.15) is 38.5 Å². The van der Waals surface area contributed by atoms with E-state index in [9.17, 15) is 4.79 Å². The van der Waals surface area contributed by atoms with E-state index in [1.54, 1.807) is 0 Å². The van der Waals surface area contributed by atoms with Crippen LogP contribution in [0.25, 0.3) is 0 Å². The quantitative estimate of drug-likeness (QED) is 0.602. The summed E-state index contributed by atoms with van der Waals surface area (Å²) >= 11 is 0. The van der Waals surface area contributed by atoms with Gasteiger partial charge in [0.05, 0.1) is 0 Å². The standard InChI is InChI=1S/C13H17NO/c15-13-6-3-5-12-11(13)8-7-10-4-1-2-9-14(10)12/h7-8,10H,1-6,9H2. The molecular formula is C13H17NO. The van der Waals surface area contributed by atoms with Crippen molar-refractivity contribution in [1.82, 2.24) is 4.90 Å². The van der Waals surface area contributed by atoms with Gasteiger partial charge in [-0.15, -0.1) is 0 Å². The van der Waals surface area contributed by atoms with Crippen molar-refractivity contribution >= 4 is 5.78 Å². The highest BCUT2D eigenvalue weighted by Gasteiger charge is 2.30. The number of piperidine rings is 1. The largest absolute Gasteiger partial charge is 0.368 e. The van der Waals surface area contributed by atoms with Gasteiger partial charge < -0.3 is 4.90 Å². The molecule has 0 saturated carbocycles. The van der Waals surface area contributed by atoms with Crippen LogP contribution in [0.2, 0.25) is 0 Å². The van der Waals surface area contributed by atoms with Gasteiger partial charge in [0.15, 0.2) is 5.78 Å². The van der Waals surface area contributed by atoms with Crippen LogP contribution in [-0.4, -0.2) is 23.3 Å². The molecule has 3 rings (SSSR count). The number of rotatable bonds is 0. The van der Waals surface area contributed by atoms with E-state index < -0.39 is 0 Å². The third kappa shape index (κ3) is 1.43. The first-order chi connectivity index (χ1) is 7.36. The van der Waals surface area contributed by atoms with Crippen molar-refractivity contribution < 1.29 is 4.79 Å². The maximum absolute atomic E-state index is 11.8. The molecule has 2 heteroatoms. The fraction of sp³-hybridized carbons (Fsp3) is 0.615. The maximum Gasteiger partial charge on any atom is 0.164 e. The summed E-state index contributed by atoms with van der Waals surface area (Å²) in [6.07, 6.45) is 11.1. The second-order valence-electron chi connectivity index (χ2n) is 4.75. The van der Waals surface area contributed by atoms with E-state index in [-0.39, 0.29) is 0 Å². The molecular weight excluding hydrogens is 186 g/mol. The van der Waals surface area contributed by atoms with Crippen LogP contribution in [0, 0.1) is 0 Å². The molecule has 80 valence electrons. The zero-order valence-electron chi connectivity index (χ0n) is 9.04. The molecule has 0 aromatic carbocycles. The van der Waals surface area contributed by atoms with Gasteiger partial charge in [0.25, 0.3) is 0 Å². The molecule has 1 fully saturated rings. The molecule has 0 aromatic heterocycles. The smallest absolute Gasteiger partial charge is 0.164 e. The van der Waals surface area contributed by atoms with E-state index in [2.05, 4.69) is 17.1 Å². The van der Waals surface area contributed by atoms with Crippen molar-refractivity contribution in [2.24, 2.45) is 0 Å². The molecule has 0 radical (unpaired) electrons. The van der Waals surface area contributed by atoms with Gasteiger partial charge >= 0.3 is 0 Å². The van der Waals surface area contributed by atoms with Crippen LogP contribution < -0.4 is 0 Å². The molecule has 15 heavy (non-hydrogen) atoms. The Labute approximate surface area is 90.6 Å². The zero-order chi connectivity index (χ0) is 10.3. The highest BCUT2D eigenvalue weighted by Crippen LogP contribution is 2.34. The number of Topliss-reactive ketones (excluding diaryl/α,β-unsaturated/α-hetero) is 1. The Bertz CT molecular complexity index is 354. The van der Waals surface area contributed by atoms with Crippen molar-refractivity contribution in [3.8, 4) is 0 Å². The van der Waals surface area contributed by atoms with E-state index in [0.29, 0.717) is 11.8 Å². The van der Waals surface area contributed by atoms with Crippen molar-refractivity contribution in [2.45, 2.75) is 44.6 Å². The number of fused-ring (bicyclic) bond motifs is 2. The number of hydrogen-bond donors (Lipinski definition) is 0. The molecule has 0 spiro atoms. The third-order valence-corrected chi connectivity index (χ3v) is 3.81. The summed E-state index contributed by atoms with van der Waals surface area (Å²) in [5.74, 6) is 0.358. The molecule has 2 aliphatic heterocycles. The topological polar surface area (TPSA) is 20.3 Å². The molecule has 1 unspecified atom stereocenters. The second-order valence-corrected chi connectivity index (χ2v) is 4.75. The Hall–Kier alpha value is -1.05. The van der Waals surface area contributed by atoms with Gasteiger partial charge in [-0.3, -0.25) is 4.79 Å². The van der Waals surface area contributed by atoms with Gasteiger partial charge in [-0.25, -0.2) is 0 Å². The first-order valence-corrected chi connectivity index (χ1v) is 6.07. The third-order valence-electron chi connectivity index (χ3n) is 3.81. The molecule has 0 bridgehead atoms. The molecule has 1 saturated heterocycles.